The summed E-state index contributed by atoms with van der Waals surface area (Å²) >= 11 is 0. The number of alkyl halides is 2. The van der Waals surface area contributed by atoms with Gasteiger partial charge in [-0.2, -0.15) is 0 Å². The summed E-state index contributed by atoms with van der Waals surface area (Å²) in [6, 6.07) is 15.1. The number of sulfone groups is 1. The van der Waals surface area contributed by atoms with Crippen LogP contribution in [0.15, 0.2) is 65.7 Å². The lowest BCUT2D eigenvalue weighted by atomic mass is 10.1. The van der Waals surface area contributed by atoms with Gasteiger partial charge in [0, 0.05) is 42.9 Å². The number of nitrogens with one attached hydrogen (secondary N) is 1. The zero-order chi connectivity index (χ0) is 30.0. The molecule has 4 heterocycles. The Hall–Kier alpha value is -4.03. The summed E-state index contributed by atoms with van der Waals surface area (Å²) in [6.45, 7) is 5.65. The summed E-state index contributed by atoms with van der Waals surface area (Å²) < 4.78 is 56.0. The molecule has 42 heavy (non-hydrogen) atoms. The minimum Gasteiger partial charge on any atom is -0.372 e. The van der Waals surface area contributed by atoms with Crippen molar-refractivity contribution in [2.45, 2.75) is 50.3 Å². The molecule has 0 saturated carbocycles. The maximum absolute atomic E-state index is 12.9. The number of nitrogens with zero attached hydrogens (tertiary/aromatic N) is 4. The molecular weight excluding hydrogens is 564 g/mol. The van der Waals surface area contributed by atoms with Crippen molar-refractivity contribution in [2.24, 2.45) is 0 Å². The Morgan fingerprint density at radius 2 is 1.79 bits per heavy atom. The van der Waals surface area contributed by atoms with E-state index in [1.54, 1.807) is 12.3 Å². The minimum absolute atomic E-state index is 0.0313. The third-order valence-corrected chi connectivity index (χ3v) is 8.08. The number of pyridine rings is 3. The third kappa shape index (κ3) is 6.88. The molecular formula is C30H31F2N5O4S. The molecule has 3 aromatic heterocycles. The molecule has 0 spiro atoms. The minimum atomic E-state index is -3.82. The van der Waals surface area contributed by atoms with Gasteiger partial charge in [0.2, 0.25) is 6.43 Å². The van der Waals surface area contributed by atoms with Crippen LogP contribution in [0.1, 0.15) is 35.5 Å². The highest BCUT2D eigenvalue weighted by atomic mass is 32.2. The number of morpholine rings is 1. The van der Waals surface area contributed by atoms with E-state index in [2.05, 4.69) is 15.2 Å². The zero-order valence-electron chi connectivity index (χ0n) is 23.4. The van der Waals surface area contributed by atoms with E-state index in [-0.39, 0.29) is 34.8 Å². The van der Waals surface area contributed by atoms with Crippen molar-refractivity contribution in [2.75, 3.05) is 24.2 Å². The molecule has 1 aliphatic heterocycles. The number of hydrogen-bond donors (Lipinski definition) is 1. The van der Waals surface area contributed by atoms with Gasteiger partial charge in [-0.3, -0.25) is 9.78 Å². The molecule has 220 valence electrons. The Bertz CT molecular complexity index is 1720. The predicted octanol–water partition coefficient (Wildman–Crippen LogP) is 4.45. The number of rotatable bonds is 8. The monoisotopic (exact) mass is 595 g/mol. The third-order valence-electron chi connectivity index (χ3n) is 6.90. The molecule has 1 aliphatic rings. The van der Waals surface area contributed by atoms with Crippen molar-refractivity contribution in [3.05, 3.63) is 77.6 Å². The van der Waals surface area contributed by atoms with Crippen LogP contribution in [0.3, 0.4) is 0 Å². The van der Waals surface area contributed by atoms with E-state index < -0.39 is 28.6 Å². The first kappa shape index (κ1) is 29.5. The number of hydrogen-bond acceptors (Lipinski definition) is 8. The fraction of sp³-hybridized carbons (Fsp3) is 0.333. The van der Waals surface area contributed by atoms with Crippen LogP contribution in [0.5, 0.6) is 0 Å². The number of halogens is 2. The first-order valence-electron chi connectivity index (χ1n) is 13.5. The second kappa shape index (κ2) is 12.1. The van der Waals surface area contributed by atoms with Gasteiger partial charge in [0.05, 0.1) is 46.2 Å². The Balaban J connectivity index is 1.33. The summed E-state index contributed by atoms with van der Waals surface area (Å²) in [5.41, 5.74) is 2.64. The van der Waals surface area contributed by atoms with Gasteiger partial charge >= 0.3 is 0 Å². The fourth-order valence-electron chi connectivity index (χ4n) is 5.05. The van der Waals surface area contributed by atoms with Crippen molar-refractivity contribution in [1.82, 2.24) is 20.3 Å². The first-order valence-corrected chi connectivity index (χ1v) is 15.4. The van der Waals surface area contributed by atoms with E-state index in [1.165, 1.54) is 12.1 Å². The maximum atomic E-state index is 12.9. The molecule has 1 aromatic carbocycles. The van der Waals surface area contributed by atoms with E-state index in [4.69, 9.17) is 14.7 Å². The van der Waals surface area contributed by atoms with Crippen molar-refractivity contribution < 1.29 is 26.7 Å². The quantitative estimate of drug-likeness (QED) is 0.318. The molecule has 1 amide bonds. The number of fused-ring (bicyclic) bond motifs is 1. The molecule has 0 bridgehead atoms. The van der Waals surface area contributed by atoms with Crippen molar-refractivity contribution >= 4 is 32.5 Å². The van der Waals surface area contributed by atoms with Gasteiger partial charge in [0.1, 0.15) is 5.82 Å². The Labute approximate surface area is 242 Å². The summed E-state index contributed by atoms with van der Waals surface area (Å²) in [6.07, 6.45) is -0.628. The second-order valence-corrected chi connectivity index (χ2v) is 12.5. The lowest BCUT2D eigenvalue weighted by Crippen LogP contribution is -2.45. The van der Waals surface area contributed by atoms with Gasteiger partial charge in [0.15, 0.2) is 9.84 Å². The molecule has 5 rings (SSSR count). The number of amides is 1. The number of carbonyl (C=O) groups excluding carboxylic acids is 1. The molecule has 0 aliphatic carbocycles. The molecule has 0 radical (unpaired) electrons. The van der Waals surface area contributed by atoms with Gasteiger partial charge in [-0.25, -0.2) is 27.2 Å². The van der Waals surface area contributed by atoms with Crippen LogP contribution in [0.4, 0.5) is 14.6 Å². The van der Waals surface area contributed by atoms with E-state index in [0.29, 0.717) is 16.9 Å². The Morgan fingerprint density at radius 3 is 2.50 bits per heavy atom. The molecule has 9 nitrogen and oxygen atoms in total. The SMILES string of the molecule is C[C@@H]1CN(c2cccc(-c3ccc4cnc(CNC(=O)c5ccc(CC(F)F)c(S(C)(=O)=O)c5)cc4n3)n2)C[C@H](C)O1. The summed E-state index contributed by atoms with van der Waals surface area (Å²) in [4.78, 5) is 28.8. The second-order valence-electron chi connectivity index (χ2n) is 10.5. The number of ether oxygens (including phenoxy) is 1. The number of carbonyl (C=O) groups is 1. The molecule has 1 fully saturated rings. The van der Waals surface area contributed by atoms with Crippen LogP contribution >= 0.6 is 0 Å². The molecule has 2 atom stereocenters. The van der Waals surface area contributed by atoms with Crippen molar-refractivity contribution in [3.8, 4) is 11.4 Å². The molecule has 0 unspecified atom stereocenters. The molecule has 1 N–H and O–H groups in total. The van der Waals surface area contributed by atoms with Crippen LogP contribution in [0.2, 0.25) is 0 Å². The summed E-state index contributed by atoms with van der Waals surface area (Å²) in [5, 5.41) is 3.53. The van der Waals surface area contributed by atoms with Crippen LogP contribution in [0, 0.1) is 0 Å². The van der Waals surface area contributed by atoms with Gasteiger partial charge < -0.3 is 15.0 Å². The van der Waals surface area contributed by atoms with Gasteiger partial charge in [0.25, 0.3) is 5.91 Å². The van der Waals surface area contributed by atoms with Crippen molar-refractivity contribution in [1.29, 1.82) is 0 Å². The Kier molecular flexibility index (Phi) is 8.46. The average molecular weight is 596 g/mol. The largest absolute Gasteiger partial charge is 0.372 e. The Morgan fingerprint density at radius 1 is 1.05 bits per heavy atom. The van der Waals surface area contributed by atoms with Gasteiger partial charge in [-0.05, 0) is 61.9 Å². The standard InChI is InChI=1S/C30H31F2N5O4S/c1-18-16-37(17-19(2)41-18)29-6-4-5-24(36-29)25-10-9-22-14-33-23(13-26(22)35-25)15-34-30(38)21-8-7-20(12-28(31)32)27(11-21)42(3,39)40/h4-11,13-14,18-19,28H,12,15-17H2,1-3H3,(H,34,38)/t18-,19+. The van der Waals surface area contributed by atoms with E-state index in [9.17, 15) is 22.0 Å². The molecule has 1 saturated heterocycles. The van der Waals surface area contributed by atoms with Crippen molar-refractivity contribution in [3.63, 3.8) is 0 Å². The first-order chi connectivity index (χ1) is 20.0. The fourth-order valence-corrected chi connectivity index (χ4v) is 6.02. The smallest absolute Gasteiger partial charge is 0.251 e. The van der Waals surface area contributed by atoms with Gasteiger partial charge in [-0.15, -0.1) is 0 Å². The maximum Gasteiger partial charge on any atom is 0.251 e. The van der Waals surface area contributed by atoms with E-state index >= 15 is 0 Å². The number of aromatic nitrogens is 3. The van der Waals surface area contributed by atoms with Crippen LogP contribution < -0.4 is 10.2 Å². The van der Waals surface area contributed by atoms with E-state index in [1.807, 2.05) is 44.2 Å². The zero-order valence-corrected chi connectivity index (χ0v) is 24.2. The van der Waals surface area contributed by atoms with Gasteiger partial charge in [-0.1, -0.05) is 12.1 Å². The molecule has 4 aromatic rings. The van der Waals surface area contributed by atoms with Crippen LogP contribution in [-0.2, 0) is 27.5 Å². The number of benzene rings is 1. The van der Waals surface area contributed by atoms with Crippen LogP contribution in [0.25, 0.3) is 22.3 Å². The van der Waals surface area contributed by atoms with Crippen LogP contribution in [-0.4, -0.2) is 67.3 Å². The summed E-state index contributed by atoms with van der Waals surface area (Å²) in [5.74, 6) is 0.302. The highest BCUT2D eigenvalue weighted by Crippen LogP contribution is 2.25. The lowest BCUT2D eigenvalue weighted by molar-refractivity contribution is -0.00545. The number of anilines is 1. The predicted molar refractivity (Wildman–Crippen MR) is 155 cm³/mol. The summed E-state index contributed by atoms with van der Waals surface area (Å²) in [7, 11) is -3.82. The van der Waals surface area contributed by atoms with E-state index in [0.717, 1.165) is 42.3 Å². The normalized spacial score (nSPS) is 17.5. The topological polar surface area (TPSA) is 114 Å². The highest BCUT2D eigenvalue weighted by molar-refractivity contribution is 7.90. The highest BCUT2D eigenvalue weighted by Gasteiger charge is 2.23. The molecule has 12 heteroatoms. The average Bonchev–Trinajstić information content (AvgIpc) is 2.94. The lowest BCUT2D eigenvalue weighted by Gasteiger charge is -2.36.